The predicted octanol–water partition coefficient (Wildman–Crippen LogP) is 2.76. The Bertz CT molecular complexity index is 453. The van der Waals surface area contributed by atoms with Gasteiger partial charge in [-0.2, -0.15) is 0 Å². The third-order valence-electron chi connectivity index (χ3n) is 4.37. The maximum Gasteiger partial charge on any atom is 0.229 e. The van der Waals surface area contributed by atoms with E-state index in [1.165, 1.54) is 23.4 Å². The van der Waals surface area contributed by atoms with E-state index in [0.29, 0.717) is 12.5 Å². The molecule has 0 spiro atoms. The lowest BCUT2D eigenvalue weighted by atomic mass is 9.95. The van der Waals surface area contributed by atoms with Crippen molar-refractivity contribution < 1.29 is 4.79 Å². The number of nitrogens with two attached hydrogens (primary N) is 1. The molecule has 6 heteroatoms. The predicted molar refractivity (Wildman–Crippen MR) is 84.5 cm³/mol. The van der Waals surface area contributed by atoms with E-state index in [-0.39, 0.29) is 24.2 Å². The highest BCUT2D eigenvalue weighted by Crippen LogP contribution is 2.33. The molecule has 2 atom stereocenters. The van der Waals surface area contributed by atoms with E-state index in [4.69, 9.17) is 5.73 Å². The van der Waals surface area contributed by atoms with Gasteiger partial charge in [-0.15, -0.1) is 23.7 Å². The minimum absolute atomic E-state index is 0. The number of hydrogen-bond acceptors (Lipinski definition) is 4. The van der Waals surface area contributed by atoms with E-state index in [0.717, 1.165) is 37.2 Å². The van der Waals surface area contributed by atoms with Crippen molar-refractivity contribution in [3.8, 4) is 0 Å². The molecule has 112 valence electrons. The van der Waals surface area contributed by atoms with Crippen molar-refractivity contribution in [2.24, 2.45) is 17.6 Å². The molecular formula is C14H22ClN3OS. The molecule has 0 aromatic carbocycles. The first-order valence-corrected chi connectivity index (χ1v) is 8.09. The second-order valence-corrected chi connectivity index (χ2v) is 6.70. The van der Waals surface area contributed by atoms with Crippen LogP contribution in [0.15, 0.2) is 0 Å². The Labute approximate surface area is 129 Å². The zero-order valence-corrected chi connectivity index (χ0v) is 13.2. The van der Waals surface area contributed by atoms with E-state index < -0.39 is 0 Å². The first kappa shape index (κ1) is 15.7. The standard InChI is InChI=1S/C14H21N3OS.ClH/c15-8-9-4-3-5-10(9)13(18)17-14-16-11-6-1-2-7-12(11)19-14;/h9-10H,1-8,15H2,(H,16,17,18);1H/t9-,10-;/m1./s1. The number of thiazole rings is 1. The topological polar surface area (TPSA) is 68.0 Å². The maximum absolute atomic E-state index is 12.3. The largest absolute Gasteiger partial charge is 0.330 e. The average molecular weight is 316 g/mol. The number of aryl methyl sites for hydroxylation is 2. The number of nitrogens with zero attached hydrogens (tertiary/aromatic N) is 1. The number of aromatic nitrogens is 1. The number of carbonyl (C=O) groups is 1. The summed E-state index contributed by atoms with van der Waals surface area (Å²) in [6.07, 6.45) is 7.84. The van der Waals surface area contributed by atoms with Crippen molar-refractivity contribution in [3.05, 3.63) is 10.6 Å². The van der Waals surface area contributed by atoms with Gasteiger partial charge in [-0.1, -0.05) is 6.42 Å². The minimum atomic E-state index is 0. The Morgan fingerprint density at radius 1 is 1.30 bits per heavy atom. The Balaban J connectivity index is 0.00000147. The number of nitrogens with one attached hydrogen (secondary N) is 1. The molecule has 1 amide bonds. The van der Waals surface area contributed by atoms with E-state index in [1.807, 2.05) is 0 Å². The number of amides is 1. The SMILES string of the molecule is Cl.NC[C@H]1CCC[C@H]1C(=O)Nc1nc2c(s1)CCCC2. The van der Waals surface area contributed by atoms with Gasteiger partial charge >= 0.3 is 0 Å². The second-order valence-electron chi connectivity index (χ2n) is 5.62. The highest BCUT2D eigenvalue weighted by Gasteiger charge is 2.32. The monoisotopic (exact) mass is 315 g/mol. The van der Waals surface area contributed by atoms with Crippen LogP contribution in [0.4, 0.5) is 5.13 Å². The van der Waals surface area contributed by atoms with Crippen molar-refractivity contribution in [2.45, 2.75) is 44.9 Å². The summed E-state index contributed by atoms with van der Waals surface area (Å²) in [6.45, 7) is 0.618. The fourth-order valence-electron chi connectivity index (χ4n) is 3.27. The molecular weight excluding hydrogens is 294 g/mol. The molecule has 1 heterocycles. The molecule has 1 aromatic rings. The van der Waals surface area contributed by atoms with Gasteiger partial charge in [0.2, 0.25) is 5.91 Å². The van der Waals surface area contributed by atoms with Crippen LogP contribution in [0, 0.1) is 11.8 Å². The van der Waals surface area contributed by atoms with Crippen LogP contribution < -0.4 is 11.1 Å². The third-order valence-corrected chi connectivity index (χ3v) is 5.45. The molecule has 3 rings (SSSR count). The summed E-state index contributed by atoms with van der Waals surface area (Å²) in [4.78, 5) is 18.2. The molecule has 0 saturated heterocycles. The first-order valence-electron chi connectivity index (χ1n) is 7.27. The lowest BCUT2D eigenvalue weighted by molar-refractivity contribution is -0.120. The minimum Gasteiger partial charge on any atom is -0.330 e. The summed E-state index contributed by atoms with van der Waals surface area (Å²) < 4.78 is 0. The lowest BCUT2D eigenvalue weighted by Crippen LogP contribution is -2.29. The van der Waals surface area contributed by atoms with E-state index in [2.05, 4.69) is 10.3 Å². The summed E-state index contributed by atoms with van der Waals surface area (Å²) in [6, 6.07) is 0. The van der Waals surface area contributed by atoms with Crippen molar-refractivity contribution in [1.82, 2.24) is 4.98 Å². The van der Waals surface area contributed by atoms with Crippen LogP contribution in [0.25, 0.3) is 0 Å². The highest BCUT2D eigenvalue weighted by molar-refractivity contribution is 7.15. The van der Waals surface area contributed by atoms with Crippen LogP contribution in [-0.4, -0.2) is 17.4 Å². The fourth-order valence-corrected chi connectivity index (χ4v) is 4.32. The van der Waals surface area contributed by atoms with Gasteiger partial charge in [0.25, 0.3) is 0 Å². The normalized spacial score (nSPS) is 24.9. The van der Waals surface area contributed by atoms with Gasteiger partial charge in [0.15, 0.2) is 5.13 Å². The summed E-state index contributed by atoms with van der Waals surface area (Å²) in [5.41, 5.74) is 6.94. The van der Waals surface area contributed by atoms with Gasteiger partial charge in [0.1, 0.15) is 0 Å². The number of halogens is 1. The van der Waals surface area contributed by atoms with E-state index in [1.54, 1.807) is 11.3 Å². The van der Waals surface area contributed by atoms with Crippen LogP contribution in [0.5, 0.6) is 0 Å². The zero-order chi connectivity index (χ0) is 13.2. The molecule has 0 unspecified atom stereocenters. The molecule has 4 nitrogen and oxygen atoms in total. The maximum atomic E-state index is 12.3. The second kappa shape index (κ2) is 6.87. The molecule has 1 fully saturated rings. The summed E-state index contributed by atoms with van der Waals surface area (Å²) >= 11 is 1.66. The Kier molecular flexibility index (Phi) is 5.41. The van der Waals surface area contributed by atoms with Crippen molar-refractivity contribution in [3.63, 3.8) is 0 Å². The molecule has 1 aromatic heterocycles. The van der Waals surface area contributed by atoms with Crippen molar-refractivity contribution in [1.29, 1.82) is 0 Å². The van der Waals surface area contributed by atoms with Gasteiger partial charge in [-0.05, 0) is 51.0 Å². The Hall–Kier alpha value is -0.650. The van der Waals surface area contributed by atoms with Crippen LogP contribution in [0.2, 0.25) is 0 Å². The molecule has 20 heavy (non-hydrogen) atoms. The van der Waals surface area contributed by atoms with Gasteiger partial charge in [-0.25, -0.2) is 4.98 Å². The summed E-state index contributed by atoms with van der Waals surface area (Å²) in [7, 11) is 0. The van der Waals surface area contributed by atoms with Gasteiger partial charge < -0.3 is 11.1 Å². The number of fused-ring (bicyclic) bond motifs is 1. The number of carbonyl (C=O) groups excluding carboxylic acids is 1. The van der Waals surface area contributed by atoms with Gasteiger partial charge in [-0.3, -0.25) is 4.79 Å². The van der Waals surface area contributed by atoms with Crippen LogP contribution in [0.3, 0.4) is 0 Å². The highest BCUT2D eigenvalue weighted by atomic mass is 35.5. The van der Waals surface area contributed by atoms with Gasteiger partial charge in [0, 0.05) is 10.8 Å². The van der Waals surface area contributed by atoms with E-state index in [9.17, 15) is 4.79 Å². The molecule has 0 bridgehead atoms. The van der Waals surface area contributed by atoms with Crippen LogP contribution in [-0.2, 0) is 17.6 Å². The lowest BCUT2D eigenvalue weighted by Gasteiger charge is -2.16. The molecule has 0 radical (unpaired) electrons. The smallest absolute Gasteiger partial charge is 0.229 e. The first-order chi connectivity index (χ1) is 9.28. The average Bonchev–Trinajstić information content (AvgIpc) is 3.03. The van der Waals surface area contributed by atoms with Crippen LogP contribution >= 0.6 is 23.7 Å². The summed E-state index contributed by atoms with van der Waals surface area (Å²) in [5, 5.41) is 3.81. The Morgan fingerprint density at radius 2 is 2.10 bits per heavy atom. The quantitative estimate of drug-likeness (QED) is 0.901. The van der Waals surface area contributed by atoms with Crippen molar-refractivity contribution >= 4 is 34.8 Å². The van der Waals surface area contributed by atoms with Crippen molar-refractivity contribution in [2.75, 3.05) is 11.9 Å². The third kappa shape index (κ3) is 3.15. The molecule has 2 aliphatic carbocycles. The summed E-state index contributed by atoms with van der Waals surface area (Å²) in [5.74, 6) is 0.569. The van der Waals surface area contributed by atoms with E-state index >= 15 is 0 Å². The molecule has 2 aliphatic rings. The number of hydrogen-bond donors (Lipinski definition) is 2. The zero-order valence-electron chi connectivity index (χ0n) is 11.6. The van der Waals surface area contributed by atoms with Crippen LogP contribution in [0.1, 0.15) is 42.7 Å². The number of anilines is 1. The molecule has 3 N–H and O–H groups in total. The molecule has 1 saturated carbocycles. The fraction of sp³-hybridized carbons (Fsp3) is 0.714. The van der Waals surface area contributed by atoms with Gasteiger partial charge in [0.05, 0.1) is 5.69 Å². The number of rotatable bonds is 3. The Morgan fingerprint density at radius 3 is 2.85 bits per heavy atom. The molecule has 0 aliphatic heterocycles.